The molecule has 1 aromatic carbocycles. The molecule has 0 spiro atoms. The average Bonchev–Trinajstić information content (AvgIpc) is 2.33. The summed E-state index contributed by atoms with van der Waals surface area (Å²) in [6, 6.07) is 6.50. The first kappa shape index (κ1) is 14.9. The molecule has 2 rings (SSSR count). The molecule has 0 N–H and O–H groups in total. The number of ether oxygens (including phenoxy) is 2. The van der Waals surface area contributed by atoms with Gasteiger partial charge in [0.05, 0.1) is 0 Å². The second kappa shape index (κ2) is 5.88. The van der Waals surface area contributed by atoms with Crippen LogP contribution in [0.3, 0.4) is 0 Å². The SMILES string of the molecule is FC(F)(F)Oc1ccc(Oc2ncc(Br)cc2Cl)cc1. The lowest BCUT2D eigenvalue weighted by Gasteiger charge is -2.10. The number of halogens is 5. The zero-order chi connectivity index (χ0) is 14.8. The van der Waals surface area contributed by atoms with Gasteiger partial charge in [-0.25, -0.2) is 4.98 Å². The van der Waals surface area contributed by atoms with Gasteiger partial charge in [-0.15, -0.1) is 13.2 Å². The van der Waals surface area contributed by atoms with Crippen LogP contribution in [0.5, 0.6) is 17.4 Å². The maximum atomic E-state index is 12.0. The first-order valence-corrected chi connectivity index (χ1v) is 6.35. The van der Waals surface area contributed by atoms with E-state index in [-0.39, 0.29) is 22.4 Å². The van der Waals surface area contributed by atoms with Gasteiger partial charge in [0.15, 0.2) is 0 Å². The quantitative estimate of drug-likeness (QED) is 0.747. The van der Waals surface area contributed by atoms with Crippen molar-refractivity contribution in [3.8, 4) is 17.4 Å². The molecule has 0 saturated heterocycles. The third-order valence-electron chi connectivity index (χ3n) is 2.05. The molecule has 1 aromatic heterocycles. The molecule has 0 aliphatic carbocycles. The van der Waals surface area contributed by atoms with Crippen LogP contribution in [0.1, 0.15) is 0 Å². The first-order valence-electron chi connectivity index (χ1n) is 5.18. The van der Waals surface area contributed by atoms with Crippen molar-refractivity contribution >= 4 is 27.5 Å². The fraction of sp³-hybridized carbons (Fsp3) is 0.0833. The van der Waals surface area contributed by atoms with Crippen LogP contribution in [0.25, 0.3) is 0 Å². The van der Waals surface area contributed by atoms with E-state index in [1.165, 1.54) is 18.3 Å². The number of alkyl halides is 3. The van der Waals surface area contributed by atoms with Gasteiger partial charge in [-0.05, 0) is 46.3 Å². The first-order chi connectivity index (χ1) is 9.33. The third kappa shape index (κ3) is 4.28. The molecule has 8 heteroatoms. The Morgan fingerprint density at radius 1 is 1.10 bits per heavy atom. The topological polar surface area (TPSA) is 31.4 Å². The Balaban J connectivity index is 2.11. The monoisotopic (exact) mass is 367 g/mol. The van der Waals surface area contributed by atoms with Crippen molar-refractivity contribution in [2.75, 3.05) is 0 Å². The maximum absolute atomic E-state index is 12.0. The highest BCUT2D eigenvalue weighted by molar-refractivity contribution is 9.10. The van der Waals surface area contributed by atoms with Gasteiger partial charge in [-0.1, -0.05) is 11.6 Å². The summed E-state index contributed by atoms with van der Waals surface area (Å²) in [6.07, 6.45) is -3.23. The summed E-state index contributed by atoms with van der Waals surface area (Å²) in [4.78, 5) is 3.94. The highest BCUT2D eigenvalue weighted by Gasteiger charge is 2.30. The summed E-state index contributed by atoms with van der Waals surface area (Å²) in [5, 5.41) is 0.273. The van der Waals surface area contributed by atoms with E-state index < -0.39 is 6.36 Å². The molecular weight excluding hydrogens is 362 g/mol. The van der Waals surface area contributed by atoms with E-state index in [2.05, 4.69) is 25.7 Å². The van der Waals surface area contributed by atoms with Crippen molar-refractivity contribution in [3.05, 3.63) is 46.0 Å². The summed E-state index contributed by atoms with van der Waals surface area (Å²) in [6.45, 7) is 0. The van der Waals surface area contributed by atoms with Crippen LogP contribution in [0.4, 0.5) is 13.2 Å². The standard InChI is InChI=1S/C12H6BrClF3NO2/c13-7-5-10(14)11(18-6-7)19-8-1-3-9(4-2-8)20-12(15,16)17/h1-6H. The van der Waals surface area contributed by atoms with Crippen LogP contribution in [0.2, 0.25) is 5.02 Å². The second-order valence-corrected chi connectivity index (χ2v) is 4.88. The van der Waals surface area contributed by atoms with Crippen molar-refractivity contribution < 1.29 is 22.6 Å². The van der Waals surface area contributed by atoms with E-state index in [4.69, 9.17) is 16.3 Å². The predicted octanol–water partition coefficient (Wildman–Crippen LogP) is 5.19. The van der Waals surface area contributed by atoms with Gasteiger partial charge in [0, 0.05) is 10.7 Å². The van der Waals surface area contributed by atoms with Crippen molar-refractivity contribution in [1.29, 1.82) is 0 Å². The Morgan fingerprint density at radius 3 is 2.25 bits per heavy atom. The lowest BCUT2D eigenvalue weighted by Crippen LogP contribution is -2.16. The lowest BCUT2D eigenvalue weighted by atomic mass is 10.3. The summed E-state index contributed by atoms with van der Waals surface area (Å²) < 4.78 is 45.8. The fourth-order valence-corrected chi connectivity index (χ4v) is 1.97. The molecule has 1 heterocycles. The Bertz CT molecular complexity index is 605. The molecule has 0 fully saturated rings. The number of rotatable bonds is 3. The Labute approximate surface area is 125 Å². The molecule has 106 valence electrons. The highest BCUT2D eigenvalue weighted by atomic mass is 79.9. The molecule has 0 amide bonds. The van der Waals surface area contributed by atoms with Gasteiger partial charge in [0.2, 0.25) is 5.88 Å². The van der Waals surface area contributed by atoms with Crippen LogP contribution in [-0.2, 0) is 0 Å². The molecular formula is C12H6BrClF3NO2. The van der Waals surface area contributed by atoms with E-state index in [0.29, 0.717) is 4.47 Å². The smallest absolute Gasteiger partial charge is 0.438 e. The van der Waals surface area contributed by atoms with Gasteiger partial charge in [0.1, 0.15) is 16.5 Å². The number of nitrogens with zero attached hydrogens (tertiary/aromatic N) is 1. The van der Waals surface area contributed by atoms with Crippen LogP contribution >= 0.6 is 27.5 Å². The maximum Gasteiger partial charge on any atom is 0.573 e. The minimum absolute atomic E-state index is 0.152. The third-order valence-corrected chi connectivity index (χ3v) is 2.75. The molecule has 0 aliphatic rings. The Morgan fingerprint density at radius 2 is 1.70 bits per heavy atom. The predicted molar refractivity (Wildman–Crippen MR) is 70.1 cm³/mol. The molecule has 0 aliphatic heterocycles. The molecule has 3 nitrogen and oxygen atoms in total. The van der Waals surface area contributed by atoms with Crippen LogP contribution in [0.15, 0.2) is 41.0 Å². The van der Waals surface area contributed by atoms with Crippen molar-refractivity contribution in [1.82, 2.24) is 4.98 Å². The van der Waals surface area contributed by atoms with E-state index in [1.54, 1.807) is 6.07 Å². The fourth-order valence-electron chi connectivity index (χ4n) is 1.30. The Hall–Kier alpha value is -1.47. The number of pyridine rings is 1. The normalized spacial score (nSPS) is 11.2. The number of aromatic nitrogens is 1. The van der Waals surface area contributed by atoms with E-state index in [1.807, 2.05) is 0 Å². The van der Waals surface area contributed by atoms with Crippen LogP contribution < -0.4 is 9.47 Å². The van der Waals surface area contributed by atoms with Gasteiger partial charge in [-0.3, -0.25) is 0 Å². The largest absolute Gasteiger partial charge is 0.573 e. The summed E-state index contributed by atoms with van der Waals surface area (Å²) in [7, 11) is 0. The zero-order valence-corrected chi connectivity index (χ0v) is 12.0. The van der Waals surface area contributed by atoms with Crippen LogP contribution in [0, 0.1) is 0 Å². The number of hydrogen-bond donors (Lipinski definition) is 0. The van der Waals surface area contributed by atoms with E-state index in [9.17, 15) is 13.2 Å². The minimum atomic E-state index is -4.72. The number of benzene rings is 1. The van der Waals surface area contributed by atoms with Gasteiger partial charge in [-0.2, -0.15) is 0 Å². The summed E-state index contributed by atoms with van der Waals surface area (Å²) in [5.41, 5.74) is 0. The molecule has 0 bridgehead atoms. The summed E-state index contributed by atoms with van der Waals surface area (Å²) in [5.74, 6) is 0.107. The van der Waals surface area contributed by atoms with Crippen molar-refractivity contribution in [2.24, 2.45) is 0 Å². The van der Waals surface area contributed by atoms with Gasteiger partial charge in [0.25, 0.3) is 0 Å². The van der Waals surface area contributed by atoms with Crippen molar-refractivity contribution in [3.63, 3.8) is 0 Å². The van der Waals surface area contributed by atoms with Crippen molar-refractivity contribution in [2.45, 2.75) is 6.36 Å². The average molecular weight is 369 g/mol. The minimum Gasteiger partial charge on any atom is -0.438 e. The number of hydrogen-bond acceptors (Lipinski definition) is 3. The zero-order valence-electron chi connectivity index (χ0n) is 9.62. The second-order valence-electron chi connectivity index (χ2n) is 3.56. The molecule has 2 aromatic rings. The van der Waals surface area contributed by atoms with Gasteiger partial charge < -0.3 is 9.47 Å². The molecule has 20 heavy (non-hydrogen) atoms. The summed E-state index contributed by atoms with van der Waals surface area (Å²) >= 11 is 9.10. The lowest BCUT2D eigenvalue weighted by molar-refractivity contribution is -0.274. The molecule has 0 atom stereocenters. The Kier molecular flexibility index (Phi) is 4.39. The molecule has 0 radical (unpaired) electrons. The van der Waals surface area contributed by atoms with E-state index in [0.717, 1.165) is 12.1 Å². The van der Waals surface area contributed by atoms with Crippen LogP contribution in [-0.4, -0.2) is 11.3 Å². The highest BCUT2D eigenvalue weighted by Crippen LogP contribution is 2.31. The molecule has 0 saturated carbocycles. The van der Waals surface area contributed by atoms with Gasteiger partial charge >= 0.3 is 6.36 Å². The molecule has 0 unspecified atom stereocenters. The van der Waals surface area contributed by atoms with E-state index >= 15 is 0 Å².